The topological polar surface area (TPSA) is 35.0 Å². The highest BCUT2D eigenvalue weighted by Gasteiger charge is 2.03. The molecule has 3 rings (SSSR count). The molecule has 0 spiro atoms. The van der Waals surface area contributed by atoms with Crippen molar-refractivity contribution in [3.8, 4) is 17.1 Å². The highest BCUT2D eigenvalue weighted by molar-refractivity contribution is 5.55. The zero-order valence-electron chi connectivity index (χ0n) is 18.9. The second-order valence-electron chi connectivity index (χ2n) is 8.25. The van der Waals surface area contributed by atoms with Crippen LogP contribution in [-0.2, 0) is 12.8 Å². The van der Waals surface area contributed by atoms with Crippen molar-refractivity contribution in [3.05, 3.63) is 78.1 Å². The van der Waals surface area contributed by atoms with Crippen molar-refractivity contribution in [3.63, 3.8) is 0 Å². The lowest BCUT2D eigenvalue weighted by atomic mass is 10.1. The van der Waals surface area contributed by atoms with Gasteiger partial charge in [0.25, 0.3) is 0 Å². The maximum absolute atomic E-state index is 5.87. The molecule has 3 aromatic rings. The van der Waals surface area contributed by atoms with E-state index < -0.39 is 0 Å². The summed E-state index contributed by atoms with van der Waals surface area (Å²) in [6.07, 6.45) is 16.7. The Morgan fingerprint density at radius 1 is 0.645 bits per heavy atom. The van der Waals surface area contributed by atoms with Crippen LogP contribution in [-0.4, -0.2) is 16.6 Å². The van der Waals surface area contributed by atoms with Crippen molar-refractivity contribution < 1.29 is 4.74 Å². The Bertz CT molecular complexity index is 844. The molecule has 2 aromatic carbocycles. The van der Waals surface area contributed by atoms with Crippen LogP contribution in [0.1, 0.15) is 69.4 Å². The Morgan fingerprint density at radius 2 is 1.29 bits per heavy atom. The van der Waals surface area contributed by atoms with Crippen LogP contribution in [0.2, 0.25) is 0 Å². The van der Waals surface area contributed by atoms with Crippen molar-refractivity contribution in [2.75, 3.05) is 6.61 Å². The maximum Gasteiger partial charge on any atom is 0.159 e. The molecule has 0 aliphatic rings. The monoisotopic (exact) mass is 416 g/mol. The number of hydrogen-bond donors (Lipinski definition) is 0. The number of unbranched alkanes of at least 4 members (excludes halogenated alkanes) is 7. The number of hydrogen-bond acceptors (Lipinski definition) is 3. The van der Waals surface area contributed by atoms with Gasteiger partial charge < -0.3 is 4.74 Å². The fourth-order valence-corrected chi connectivity index (χ4v) is 3.73. The van der Waals surface area contributed by atoms with Crippen LogP contribution in [0.3, 0.4) is 0 Å². The van der Waals surface area contributed by atoms with Crippen LogP contribution in [0.25, 0.3) is 11.4 Å². The van der Waals surface area contributed by atoms with Gasteiger partial charge in [-0.25, -0.2) is 9.97 Å². The average molecular weight is 417 g/mol. The largest absolute Gasteiger partial charge is 0.493 e. The first-order chi connectivity index (χ1) is 15.3. The molecule has 0 unspecified atom stereocenters. The quantitative estimate of drug-likeness (QED) is 0.256. The molecule has 0 fully saturated rings. The lowest BCUT2D eigenvalue weighted by molar-refractivity contribution is 0.322. The molecule has 164 valence electrons. The van der Waals surface area contributed by atoms with E-state index in [0.717, 1.165) is 30.0 Å². The highest BCUT2D eigenvalue weighted by atomic mass is 16.5. The summed E-state index contributed by atoms with van der Waals surface area (Å²) in [6.45, 7) is 2.94. The highest BCUT2D eigenvalue weighted by Crippen LogP contribution is 2.20. The SMILES string of the molecule is CCCCCCCCCCc1cnc(-c2ccc(OCCc3ccccc3)cc2)nc1. The van der Waals surface area contributed by atoms with Gasteiger partial charge in [0.05, 0.1) is 6.61 Å². The molecule has 0 bridgehead atoms. The molecule has 3 nitrogen and oxygen atoms in total. The van der Waals surface area contributed by atoms with Gasteiger partial charge in [0.15, 0.2) is 5.82 Å². The summed E-state index contributed by atoms with van der Waals surface area (Å²) in [6, 6.07) is 18.5. The Labute approximate surface area is 187 Å². The van der Waals surface area contributed by atoms with E-state index in [1.54, 1.807) is 0 Å². The first kappa shape index (κ1) is 23.0. The van der Waals surface area contributed by atoms with Gasteiger partial charge in [0, 0.05) is 24.4 Å². The van der Waals surface area contributed by atoms with Gasteiger partial charge in [-0.1, -0.05) is 82.2 Å². The Kier molecular flexibility index (Phi) is 10.1. The first-order valence-corrected chi connectivity index (χ1v) is 11.9. The van der Waals surface area contributed by atoms with Crippen molar-refractivity contribution in [1.82, 2.24) is 9.97 Å². The summed E-state index contributed by atoms with van der Waals surface area (Å²) in [5.74, 6) is 1.65. The van der Waals surface area contributed by atoms with E-state index >= 15 is 0 Å². The normalized spacial score (nSPS) is 10.9. The van der Waals surface area contributed by atoms with Gasteiger partial charge >= 0.3 is 0 Å². The minimum atomic E-state index is 0.674. The van der Waals surface area contributed by atoms with Gasteiger partial charge in [-0.15, -0.1) is 0 Å². The molecule has 0 radical (unpaired) electrons. The van der Waals surface area contributed by atoms with E-state index in [9.17, 15) is 0 Å². The van der Waals surface area contributed by atoms with Gasteiger partial charge in [-0.2, -0.15) is 0 Å². The summed E-state index contributed by atoms with van der Waals surface area (Å²) in [5.41, 5.74) is 3.55. The summed E-state index contributed by atoms with van der Waals surface area (Å²) < 4.78 is 5.87. The van der Waals surface area contributed by atoms with E-state index in [4.69, 9.17) is 4.74 Å². The maximum atomic E-state index is 5.87. The van der Waals surface area contributed by atoms with Crippen LogP contribution < -0.4 is 4.74 Å². The second-order valence-corrected chi connectivity index (χ2v) is 8.25. The molecular formula is C28H36N2O. The minimum Gasteiger partial charge on any atom is -0.493 e. The fourth-order valence-electron chi connectivity index (χ4n) is 3.73. The summed E-state index contributed by atoms with van der Waals surface area (Å²) in [5, 5.41) is 0. The Hall–Kier alpha value is -2.68. The summed E-state index contributed by atoms with van der Waals surface area (Å²) in [7, 11) is 0. The number of nitrogens with zero attached hydrogens (tertiary/aromatic N) is 2. The smallest absolute Gasteiger partial charge is 0.159 e. The van der Waals surface area contributed by atoms with Gasteiger partial charge in [-0.3, -0.25) is 0 Å². The van der Waals surface area contributed by atoms with Crippen molar-refractivity contribution in [2.45, 2.75) is 71.1 Å². The number of aryl methyl sites for hydroxylation is 1. The molecule has 0 N–H and O–H groups in total. The molecule has 1 aromatic heterocycles. The molecule has 0 atom stereocenters. The van der Waals surface area contributed by atoms with E-state index in [2.05, 4.69) is 41.2 Å². The molecule has 3 heteroatoms. The number of ether oxygens (including phenoxy) is 1. The zero-order valence-corrected chi connectivity index (χ0v) is 18.9. The van der Waals surface area contributed by atoms with E-state index in [1.807, 2.05) is 42.7 Å². The van der Waals surface area contributed by atoms with Crippen LogP contribution >= 0.6 is 0 Å². The summed E-state index contributed by atoms with van der Waals surface area (Å²) >= 11 is 0. The molecule has 0 aliphatic carbocycles. The average Bonchev–Trinajstić information content (AvgIpc) is 2.82. The van der Waals surface area contributed by atoms with Crippen molar-refractivity contribution in [2.24, 2.45) is 0 Å². The molecule has 1 heterocycles. The second kappa shape index (κ2) is 13.6. The molecule has 31 heavy (non-hydrogen) atoms. The predicted octanol–water partition coefficient (Wildman–Crippen LogP) is 7.45. The molecular weight excluding hydrogens is 380 g/mol. The lowest BCUT2D eigenvalue weighted by Gasteiger charge is -2.07. The number of aromatic nitrogens is 2. The van der Waals surface area contributed by atoms with Gasteiger partial charge in [-0.05, 0) is 48.2 Å². The zero-order chi connectivity index (χ0) is 21.6. The Morgan fingerprint density at radius 3 is 1.97 bits per heavy atom. The van der Waals surface area contributed by atoms with Crippen molar-refractivity contribution in [1.29, 1.82) is 0 Å². The number of rotatable bonds is 14. The van der Waals surface area contributed by atoms with Crippen LogP contribution in [0.5, 0.6) is 5.75 Å². The molecule has 0 aliphatic heterocycles. The Balaban J connectivity index is 1.37. The minimum absolute atomic E-state index is 0.674. The van der Waals surface area contributed by atoms with Crippen LogP contribution in [0.15, 0.2) is 67.0 Å². The van der Waals surface area contributed by atoms with E-state index in [-0.39, 0.29) is 0 Å². The third-order valence-electron chi connectivity index (χ3n) is 5.64. The summed E-state index contributed by atoms with van der Waals surface area (Å²) in [4.78, 5) is 9.15. The van der Waals surface area contributed by atoms with Crippen LogP contribution in [0.4, 0.5) is 0 Å². The van der Waals surface area contributed by atoms with Gasteiger partial charge in [0.1, 0.15) is 5.75 Å². The molecule has 0 saturated carbocycles. The van der Waals surface area contributed by atoms with Crippen molar-refractivity contribution >= 4 is 0 Å². The first-order valence-electron chi connectivity index (χ1n) is 11.9. The third-order valence-corrected chi connectivity index (χ3v) is 5.64. The van der Waals surface area contributed by atoms with E-state index in [0.29, 0.717) is 6.61 Å². The molecule has 0 amide bonds. The van der Waals surface area contributed by atoms with E-state index in [1.165, 1.54) is 62.5 Å². The standard InChI is InChI=1S/C28H36N2O/c1-2-3-4-5-6-7-8-10-15-25-22-29-28(30-23-25)26-16-18-27(19-17-26)31-21-20-24-13-11-9-12-14-24/h9,11-14,16-19,22-23H,2-8,10,15,20-21H2,1H3. The predicted molar refractivity (Wildman–Crippen MR) is 129 cm³/mol. The molecule has 0 saturated heterocycles. The number of benzene rings is 2. The van der Waals surface area contributed by atoms with Gasteiger partial charge in [0.2, 0.25) is 0 Å². The fraction of sp³-hybridized carbons (Fsp3) is 0.429. The van der Waals surface area contributed by atoms with Crippen LogP contribution in [0, 0.1) is 0 Å². The lowest BCUT2D eigenvalue weighted by Crippen LogP contribution is -2.01. The third kappa shape index (κ3) is 8.53.